The summed E-state index contributed by atoms with van der Waals surface area (Å²) in [6.45, 7) is 0.000572. The molecule has 0 saturated heterocycles. The maximum absolute atomic E-state index is 9.93. The van der Waals surface area contributed by atoms with E-state index in [2.05, 4.69) is 10.2 Å². The number of hydrogen-bond donors (Lipinski definition) is 4. The fourth-order valence-corrected chi connectivity index (χ4v) is 1.69. The van der Waals surface area contributed by atoms with Gasteiger partial charge in [-0.2, -0.15) is 5.10 Å². The number of aliphatic hydroxyl groups excluding tert-OH is 2. The lowest BCUT2D eigenvalue weighted by molar-refractivity contribution is 0.0247. The van der Waals surface area contributed by atoms with Gasteiger partial charge in [0, 0.05) is 12.1 Å². The molecule has 2 atom stereocenters. The quantitative estimate of drug-likeness (QED) is 0.616. The van der Waals surface area contributed by atoms with E-state index in [1.807, 2.05) is 30.3 Å². The highest BCUT2D eigenvalue weighted by atomic mass is 16.3. The number of rotatable bonds is 4. The fourth-order valence-electron chi connectivity index (χ4n) is 1.69. The zero-order valence-corrected chi connectivity index (χ0v) is 9.24. The van der Waals surface area contributed by atoms with Crippen molar-refractivity contribution in [1.82, 2.24) is 10.2 Å². The van der Waals surface area contributed by atoms with Crippen molar-refractivity contribution in [2.75, 3.05) is 6.54 Å². The summed E-state index contributed by atoms with van der Waals surface area (Å²) in [6, 6.07) is 9.50. The Hall–Kier alpha value is -1.69. The topological polar surface area (TPSA) is 95.2 Å². The second-order valence-electron chi connectivity index (χ2n) is 3.81. The van der Waals surface area contributed by atoms with Gasteiger partial charge in [0.25, 0.3) is 0 Å². The summed E-state index contributed by atoms with van der Waals surface area (Å²) < 4.78 is 0. The van der Waals surface area contributed by atoms with Gasteiger partial charge in [-0.05, 0) is 5.56 Å². The molecule has 0 saturated carbocycles. The lowest BCUT2D eigenvalue weighted by Crippen LogP contribution is -2.27. The minimum Gasteiger partial charge on any atom is -0.389 e. The summed E-state index contributed by atoms with van der Waals surface area (Å²) in [4.78, 5) is 0. The van der Waals surface area contributed by atoms with Gasteiger partial charge in [0.05, 0.1) is 18.0 Å². The van der Waals surface area contributed by atoms with Crippen LogP contribution in [-0.4, -0.2) is 33.1 Å². The Morgan fingerprint density at radius 2 is 1.94 bits per heavy atom. The molecule has 5 N–H and O–H groups in total. The third-order valence-corrected chi connectivity index (χ3v) is 2.66. The van der Waals surface area contributed by atoms with Crippen molar-refractivity contribution in [3.8, 4) is 11.3 Å². The number of nitrogens with two attached hydrogens (primary N) is 1. The molecule has 0 fully saturated rings. The van der Waals surface area contributed by atoms with Crippen molar-refractivity contribution >= 4 is 0 Å². The molecule has 90 valence electrons. The van der Waals surface area contributed by atoms with E-state index in [-0.39, 0.29) is 6.54 Å². The first-order valence-electron chi connectivity index (χ1n) is 5.39. The van der Waals surface area contributed by atoms with Crippen LogP contribution in [0.15, 0.2) is 36.5 Å². The standard InChI is InChI=1S/C12H15N3O2/c13-6-10(16)12(17)9-7-14-15-11(9)8-4-2-1-3-5-8/h1-5,7,10,12,16-17H,6,13H2,(H,14,15). The number of benzene rings is 1. The van der Waals surface area contributed by atoms with Crippen LogP contribution in [0.4, 0.5) is 0 Å². The average molecular weight is 233 g/mol. The van der Waals surface area contributed by atoms with E-state index in [0.29, 0.717) is 11.3 Å². The Balaban J connectivity index is 2.35. The van der Waals surface area contributed by atoms with Crippen LogP contribution in [0.1, 0.15) is 11.7 Å². The van der Waals surface area contributed by atoms with Crippen molar-refractivity contribution in [2.45, 2.75) is 12.2 Å². The molecule has 1 aromatic carbocycles. The molecule has 2 aromatic rings. The zero-order valence-electron chi connectivity index (χ0n) is 9.24. The number of aliphatic hydroxyl groups is 2. The number of hydrogen-bond acceptors (Lipinski definition) is 4. The second-order valence-corrected chi connectivity index (χ2v) is 3.81. The Labute approximate surface area is 98.9 Å². The molecule has 0 aliphatic carbocycles. The van der Waals surface area contributed by atoms with Crippen molar-refractivity contribution < 1.29 is 10.2 Å². The summed E-state index contributed by atoms with van der Waals surface area (Å²) >= 11 is 0. The van der Waals surface area contributed by atoms with Gasteiger partial charge >= 0.3 is 0 Å². The van der Waals surface area contributed by atoms with Gasteiger partial charge in [-0.1, -0.05) is 30.3 Å². The fraction of sp³-hybridized carbons (Fsp3) is 0.250. The number of nitrogens with one attached hydrogen (secondary N) is 1. The first-order chi connectivity index (χ1) is 8.24. The summed E-state index contributed by atoms with van der Waals surface area (Å²) in [5.74, 6) is 0. The Morgan fingerprint density at radius 3 is 2.59 bits per heavy atom. The summed E-state index contributed by atoms with van der Waals surface area (Å²) in [7, 11) is 0. The number of nitrogens with zero attached hydrogens (tertiary/aromatic N) is 1. The maximum Gasteiger partial charge on any atom is 0.110 e. The predicted octanol–water partition coefficient (Wildman–Crippen LogP) is 0.430. The van der Waals surface area contributed by atoms with E-state index in [9.17, 15) is 10.2 Å². The van der Waals surface area contributed by atoms with Crippen molar-refractivity contribution in [3.05, 3.63) is 42.1 Å². The van der Waals surface area contributed by atoms with Crippen LogP contribution in [0.2, 0.25) is 0 Å². The molecular formula is C12H15N3O2. The average Bonchev–Trinajstić information content (AvgIpc) is 2.87. The van der Waals surface area contributed by atoms with Crippen molar-refractivity contribution in [1.29, 1.82) is 0 Å². The van der Waals surface area contributed by atoms with E-state index in [1.54, 1.807) is 0 Å². The molecule has 0 aliphatic heterocycles. The zero-order chi connectivity index (χ0) is 12.3. The normalized spacial score (nSPS) is 14.5. The molecule has 0 amide bonds. The minimum absolute atomic E-state index is 0.000572. The van der Waals surface area contributed by atoms with Crippen LogP contribution in [0.3, 0.4) is 0 Å². The van der Waals surface area contributed by atoms with Gasteiger partial charge in [0.2, 0.25) is 0 Å². The first-order valence-corrected chi connectivity index (χ1v) is 5.39. The van der Waals surface area contributed by atoms with Crippen LogP contribution in [-0.2, 0) is 0 Å². The van der Waals surface area contributed by atoms with Crippen LogP contribution in [0.5, 0.6) is 0 Å². The first kappa shape index (κ1) is 11.8. The molecule has 0 aliphatic rings. The molecule has 0 spiro atoms. The van der Waals surface area contributed by atoms with Gasteiger partial charge in [-0.3, -0.25) is 5.10 Å². The van der Waals surface area contributed by atoms with Crippen LogP contribution >= 0.6 is 0 Å². The molecule has 0 radical (unpaired) electrons. The van der Waals surface area contributed by atoms with E-state index >= 15 is 0 Å². The van der Waals surface area contributed by atoms with Crippen LogP contribution in [0, 0.1) is 0 Å². The van der Waals surface area contributed by atoms with Gasteiger partial charge in [-0.15, -0.1) is 0 Å². The van der Waals surface area contributed by atoms with Gasteiger partial charge in [0.15, 0.2) is 0 Å². The van der Waals surface area contributed by atoms with Gasteiger partial charge in [0.1, 0.15) is 6.10 Å². The number of H-pyrrole nitrogens is 1. The van der Waals surface area contributed by atoms with E-state index in [4.69, 9.17) is 5.73 Å². The van der Waals surface area contributed by atoms with Gasteiger partial charge < -0.3 is 15.9 Å². The van der Waals surface area contributed by atoms with Crippen molar-refractivity contribution in [3.63, 3.8) is 0 Å². The molecule has 2 rings (SSSR count). The number of aromatic nitrogens is 2. The maximum atomic E-state index is 9.93. The Kier molecular flexibility index (Phi) is 3.53. The van der Waals surface area contributed by atoms with E-state index in [1.165, 1.54) is 6.20 Å². The Morgan fingerprint density at radius 1 is 1.24 bits per heavy atom. The third kappa shape index (κ3) is 2.36. The summed E-state index contributed by atoms with van der Waals surface area (Å²) in [5, 5.41) is 26.2. The molecule has 5 nitrogen and oxygen atoms in total. The van der Waals surface area contributed by atoms with Crippen LogP contribution < -0.4 is 5.73 Å². The molecule has 2 unspecified atom stereocenters. The third-order valence-electron chi connectivity index (χ3n) is 2.66. The molecule has 0 bridgehead atoms. The summed E-state index contributed by atoms with van der Waals surface area (Å²) in [5.41, 5.74) is 7.48. The molecule has 1 aromatic heterocycles. The Bertz CT molecular complexity index is 470. The molecule has 17 heavy (non-hydrogen) atoms. The van der Waals surface area contributed by atoms with Gasteiger partial charge in [-0.25, -0.2) is 0 Å². The highest BCUT2D eigenvalue weighted by Crippen LogP contribution is 2.27. The lowest BCUT2D eigenvalue weighted by atomic mass is 10.0. The second kappa shape index (κ2) is 5.09. The van der Waals surface area contributed by atoms with E-state index < -0.39 is 12.2 Å². The van der Waals surface area contributed by atoms with Crippen LogP contribution in [0.25, 0.3) is 11.3 Å². The summed E-state index contributed by atoms with van der Waals surface area (Å²) in [6.07, 6.45) is -0.518. The SMILES string of the molecule is NCC(O)C(O)c1cn[nH]c1-c1ccccc1. The molecular weight excluding hydrogens is 218 g/mol. The smallest absolute Gasteiger partial charge is 0.110 e. The monoisotopic (exact) mass is 233 g/mol. The molecule has 1 heterocycles. The van der Waals surface area contributed by atoms with Crippen molar-refractivity contribution in [2.24, 2.45) is 5.73 Å². The highest BCUT2D eigenvalue weighted by Gasteiger charge is 2.21. The molecule has 5 heteroatoms. The predicted molar refractivity (Wildman–Crippen MR) is 64.0 cm³/mol. The van der Waals surface area contributed by atoms with E-state index in [0.717, 1.165) is 5.56 Å². The largest absolute Gasteiger partial charge is 0.389 e. The lowest BCUT2D eigenvalue weighted by Gasteiger charge is -2.16. The minimum atomic E-state index is -1.03. The highest BCUT2D eigenvalue weighted by molar-refractivity contribution is 5.62. The number of aromatic amines is 1.